The van der Waals surface area contributed by atoms with E-state index in [4.69, 9.17) is 9.47 Å². The van der Waals surface area contributed by atoms with Gasteiger partial charge in [0.15, 0.2) is 5.13 Å². The van der Waals surface area contributed by atoms with Crippen molar-refractivity contribution < 1.29 is 18.7 Å². The molecule has 8 heteroatoms. The number of halogens is 1. The number of aromatic nitrogens is 1. The summed E-state index contributed by atoms with van der Waals surface area (Å²) in [6, 6.07) is 11.9. The highest BCUT2D eigenvalue weighted by atomic mass is 32.1. The number of rotatable bonds is 7. The van der Waals surface area contributed by atoms with Crippen molar-refractivity contribution in [2.75, 3.05) is 51.4 Å². The van der Waals surface area contributed by atoms with Gasteiger partial charge >= 0.3 is 0 Å². The Morgan fingerprint density at radius 2 is 2.07 bits per heavy atom. The maximum Gasteiger partial charge on any atom is 0.260 e. The number of carbonyl (C=O) groups excluding carboxylic acids is 1. The summed E-state index contributed by atoms with van der Waals surface area (Å²) < 4.78 is 25.6. The highest BCUT2D eigenvalue weighted by Crippen LogP contribution is 2.31. The Labute approximate surface area is 178 Å². The zero-order valence-corrected chi connectivity index (χ0v) is 17.7. The van der Waals surface area contributed by atoms with Crippen LogP contribution in [0.4, 0.5) is 9.52 Å². The predicted molar refractivity (Wildman–Crippen MR) is 116 cm³/mol. The van der Waals surface area contributed by atoms with Crippen molar-refractivity contribution in [2.24, 2.45) is 0 Å². The SMILES string of the molecule is COc1cccc(C(=O)N(CCCN2CCOCC2)c2nc3c(F)cccc3s2)c1. The molecule has 4 rings (SSSR count). The van der Waals surface area contributed by atoms with Crippen LogP contribution < -0.4 is 9.64 Å². The number of ether oxygens (including phenoxy) is 2. The van der Waals surface area contributed by atoms with E-state index < -0.39 is 0 Å². The molecule has 30 heavy (non-hydrogen) atoms. The lowest BCUT2D eigenvalue weighted by atomic mass is 10.2. The zero-order valence-electron chi connectivity index (χ0n) is 16.8. The topological polar surface area (TPSA) is 54.9 Å². The van der Waals surface area contributed by atoms with Crippen LogP contribution in [0.3, 0.4) is 0 Å². The van der Waals surface area contributed by atoms with Gasteiger partial charge in [0.25, 0.3) is 5.91 Å². The van der Waals surface area contributed by atoms with Crippen molar-refractivity contribution in [1.82, 2.24) is 9.88 Å². The molecule has 1 fully saturated rings. The maximum atomic E-state index is 14.2. The van der Waals surface area contributed by atoms with Crippen LogP contribution in [0, 0.1) is 5.82 Å². The molecule has 3 aromatic rings. The number of morpholine rings is 1. The Bertz CT molecular complexity index is 1020. The Morgan fingerprint density at radius 1 is 1.27 bits per heavy atom. The first-order valence-corrected chi connectivity index (χ1v) is 10.8. The van der Waals surface area contributed by atoms with Crippen molar-refractivity contribution in [3.05, 3.63) is 53.8 Å². The fourth-order valence-corrected chi connectivity index (χ4v) is 4.50. The van der Waals surface area contributed by atoms with Gasteiger partial charge in [-0.25, -0.2) is 9.37 Å². The van der Waals surface area contributed by atoms with Gasteiger partial charge in [-0.1, -0.05) is 23.5 Å². The van der Waals surface area contributed by atoms with Gasteiger partial charge in [-0.05, 0) is 36.8 Å². The van der Waals surface area contributed by atoms with Crippen LogP contribution in [0.25, 0.3) is 10.2 Å². The van der Waals surface area contributed by atoms with Gasteiger partial charge in [0.1, 0.15) is 17.1 Å². The molecule has 1 saturated heterocycles. The van der Waals surface area contributed by atoms with E-state index >= 15 is 0 Å². The second-order valence-electron chi connectivity index (χ2n) is 7.08. The summed E-state index contributed by atoms with van der Waals surface area (Å²) in [5.74, 6) is 0.0666. The fourth-order valence-electron chi connectivity index (χ4n) is 3.49. The van der Waals surface area contributed by atoms with Crippen LogP contribution in [0.5, 0.6) is 5.75 Å². The van der Waals surface area contributed by atoms with E-state index in [1.54, 1.807) is 42.3 Å². The van der Waals surface area contributed by atoms with Crippen molar-refractivity contribution in [3.63, 3.8) is 0 Å². The van der Waals surface area contributed by atoms with Gasteiger partial charge in [-0.15, -0.1) is 0 Å². The number of hydrogen-bond donors (Lipinski definition) is 0. The first-order chi connectivity index (χ1) is 14.7. The van der Waals surface area contributed by atoms with Crippen molar-refractivity contribution in [2.45, 2.75) is 6.42 Å². The molecule has 0 unspecified atom stereocenters. The molecule has 158 valence electrons. The molecule has 0 radical (unpaired) electrons. The van der Waals surface area contributed by atoms with Crippen molar-refractivity contribution in [3.8, 4) is 5.75 Å². The predicted octanol–water partition coefficient (Wildman–Crippen LogP) is 3.81. The highest BCUT2D eigenvalue weighted by Gasteiger charge is 2.23. The number of thiazole rings is 1. The zero-order chi connectivity index (χ0) is 20.9. The summed E-state index contributed by atoms with van der Waals surface area (Å²) in [7, 11) is 1.57. The quantitative estimate of drug-likeness (QED) is 0.572. The van der Waals surface area contributed by atoms with Gasteiger partial charge in [0, 0.05) is 31.7 Å². The molecular formula is C22H24FN3O3S. The lowest BCUT2D eigenvalue weighted by Gasteiger charge is -2.27. The molecule has 0 aliphatic carbocycles. The summed E-state index contributed by atoms with van der Waals surface area (Å²) >= 11 is 1.33. The van der Waals surface area contributed by atoms with E-state index in [1.165, 1.54) is 17.4 Å². The van der Waals surface area contributed by atoms with Crippen LogP contribution in [0.2, 0.25) is 0 Å². The molecule has 1 amide bonds. The molecule has 0 bridgehead atoms. The first-order valence-electron chi connectivity index (χ1n) is 9.97. The van der Waals surface area contributed by atoms with Gasteiger partial charge < -0.3 is 9.47 Å². The smallest absolute Gasteiger partial charge is 0.260 e. The lowest BCUT2D eigenvalue weighted by Crippen LogP contribution is -2.39. The van der Waals surface area contributed by atoms with Gasteiger partial charge in [-0.2, -0.15) is 0 Å². The van der Waals surface area contributed by atoms with Crippen LogP contribution in [-0.4, -0.2) is 62.3 Å². The Kier molecular flexibility index (Phi) is 6.56. The molecule has 0 spiro atoms. The van der Waals surface area contributed by atoms with Crippen LogP contribution in [0.15, 0.2) is 42.5 Å². The molecule has 6 nitrogen and oxygen atoms in total. The summed E-state index contributed by atoms with van der Waals surface area (Å²) in [6.07, 6.45) is 0.786. The van der Waals surface area contributed by atoms with E-state index in [2.05, 4.69) is 9.88 Å². The lowest BCUT2D eigenvalue weighted by molar-refractivity contribution is 0.0376. The minimum absolute atomic E-state index is 0.171. The Balaban J connectivity index is 1.59. The number of methoxy groups -OCH3 is 1. The number of amides is 1. The summed E-state index contributed by atoms with van der Waals surface area (Å²) in [6.45, 7) is 4.64. The van der Waals surface area contributed by atoms with Crippen LogP contribution in [0.1, 0.15) is 16.8 Å². The number of nitrogens with zero attached hydrogens (tertiary/aromatic N) is 3. The summed E-state index contributed by atoms with van der Waals surface area (Å²) in [4.78, 5) is 21.8. The monoisotopic (exact) mass is 429 g/mol. The standard InChI is InChI=1S/C22H24FN3O3S/c1-28-17-6-2-5-16(15-17)21(27)26(10-4-9-25-11-13-29-14-12-25)22-24-20-18(23)7-3-8-19(20)30-22/h2-3,5-8,15H,4,9-14H2,1H3. The molecule has 1 aliphatic rings. The molecule has 0 N–H and O–H groups in total. The molecule has 1 aliphatic heterocycles. The van der Waals surface area contributed by atoms with E-state index in [0.717, 1.165) is 44.0 Å². The molecule has 2 heterocycles. The van der Waals surface area contributed by atoms with E-state index in [9.17, 15) is 9.18 Å². The molecule has 2 aromatic carbocycles. The van der Waals surface area contributed by atoms with Gasteiger partial charge in [0.05, 0.1) is 25.0 Å². The second-order valence-corrected chi connectivity index (χ2v) is 8.09. The maximum absolute atomic E-state index is 14.2. The number of benzene rings is 2. The minimum Gasteiger partial charge on any atom is -0.497 e. The Hall–Kier alpha value is -2.55. The van der Waals surface area contributed by atoms with Crippen LogP contribution >= 0.6 is 11.3 Å². The third-order valence-corrected chi connectivity index (χ3v) is 6.15. The minimum atomic E-state index is -0.378. The number of anilines is 1. The number of hydrogen-bond acceptors (Lipinski definition) is 6. The third-order valence-electron chi connectivity index (χ3n) is 5.11. The second kappa shape index (κ2) is 9.51. The third kappa shape index (κ3) is 4.61. The average Bonchev–Trinajstić information content (AvgIpc) is 3.22. The largest absolute Gasteiger partial charge is 0.497 e. The van der Waals surface area contributed by atoms with Gasteiger partial charge in [-0.3, -0.25) is 14.6 Å². The normalized spacial score (nSPS) is 14.7. The molecular weight excluding hydrogens is 405 g/mol. The van der Waals surface area contributed by atoms with Crippen molar-refractivity contribution in [1.29, 1.82) is 0 Å². The van der Waals surface area contributed by atoms with Crippen LogP contribution in [-0.2, 0) is 4.74 Å². The molecule has 0 saturated carbocycles. The Morgan fingerprint density at radius 3 is 2.83 bits per heavy atom. The average molecular weight is 430 g/mol. The highest BCUT2D eigenvalue weighted by molar-refractivity contribution is 7.22. The number of carbonyl (C=O) groups is 1. The summed E-state index contributed by atoms with van der Waals surface area (Å²) in [5, 5.41) is 0.505. The van der Waals surface area contributed by atoms with E-state index in [1.807, 2.05) is 6.07 Å². The van der Waals surface area contributed by atoms with Crippen molar-refractivity contribution >= 4 is 32.6 Å². The van der Waals surface area contributed by atoms with E-state index in [0.29, 0.717) is 28.5 Å². The fraction of sp³-hybridized carbons (Fsp3) is 0.364. The summed E-state index contributed by atoms with van der Waals surface area (Å²) in [5.41, 5.74) is 0.814. The molecule has 0 atom stereocenters. The number of fused-ring (bicyclic) bond motifs is 1. The van der Waals surface area contributed by atoms with Gasteiger partial charge in [0.2, 0.25) is 0 Å². The first kappa shape index (κ1) is 20.7. The molecule has 1 aromatic heterocycles. The van der Waals surface area contributed by atoms with E-state index in [-0.39, 0.29) is 11.7 Å². The number of para-hydroxylation sites is 1.